The molecule has 0 bridgehead atoms. The standard InChI is InChI=1S/C28H34Br2O6/c1-31-23-15-19(16-24(32-2)27(23)35-5)13-21(9-7-8-11-29)22(10-12-30)14-20-17-25(33-3)28(36-6)26(18-20)34-4/h15-18H,8,10-14H2,1-6H3/b22-21+. The van der Waals surface area contributed by atoms with E-state index in [1.54, 1.807) is 42.7 Å². The molecule has 6 nitrogen and oxygen atoms in total. The van der Waals surface area contributed by atoms with Gasteiger partial charge in [0.15, 0.2) is 23.0 Å². The largest absolute Gasteiger partial charge is 0.493 e. The van der Waals surface area contributed by atoms with Crippen molar-refractivity contribution in [2.75, 3.05) is 53.3 Å². The molecule has 0 aliphatic heterocycles. The van der Waals surface area contributed by atoms with Crippen LogP contribution in [0.1, 0.15) is 24.0 Å². The molecule has 0 heterocycles. The van der Waals surface area contributed by atoms with Crippen LogP contribution < -0.4 is 28.4 Å². The quantitative estimate of drug-likeness (QED) is 0.190. The molecule has 0 N–H and O–H groups in total. The first-order valence-corrected chi connectivity index (χ1v) is 13.6. The lowest BCUT2D eigenvalue weighted by Gasteiger charge is -2.17. The summed E-state index contributed by atoms with van der Waals surface area (Å²) in [5.41, 5.74) is 4.34. The summed E-state index contributed by atoms with van der Waals surface area (Å²) < 4.78 is 33.2. The molecule has 36 heavy (non-hydrogen) atoms. The van der Waals surface area contributed by atoms with Crippen LogP contribution in [0.5, 0.6) is 34.5 Å². The topological polar surface area (TPSA) is 55.4 Å². The van der Waals surface area contributed by atoms with E-state index in [4.69, 9.17) is 28.4 Å². The predicted molar refractivity (Wildman–Crippen MR) is 151 cm³/mol. The van der Waals surface area contributed by atoms with Crippen molar-refractivity contribution in [3.05, 3.63) is 46.5 Å². The lowest BCUT2D eigenvalue weighted by molar-refractivity contribution is 0.324. The van der Waals surface area contributed by atoms with E-state index in [1.165, 1.54) is 5.57 Å². The molecule has 0 saturated carbocycles. The first kappa shape index (κ1) is 29.7. The molecule has 0 spiro atoms. The van der Waals surface area contributed by atoms with Crippen molar-refractivity contribution >= 4 is 31.9 Å². The first-order chi connectivity index (χ1) is 17.5. The molecule has 0 aliphatic carbocycles. The molecule has 0 aromatic heterocycles. The highest BCUT2D eigenvalue weighted by atomic mass is 79.9. The van der Waals surface area contributed by atoms with Crippen LogP contribution in [0.25, 0.3) is 0 Å². The van der Waals surface area contributed by atoms with Gasteiger partial charge in [0.2, 0.25) is 11.5 Å². The van der Waals surface area contributed by atoms with Crippen LogP contribution in [0.15, 0.2) is 35.4 Å². The Balaban J connectivity index is 2.62. The van der Waals surface area contributed by atoms with Crippen LogP contribution in [0.3, 0.4) is 0 Å². The second-order valence-electron chi connectivity index (χ2n) is 7.68. The number of rotatable bonds is 13. The number of hydrogen-bond acceptors (Lipinski definition) is 6. The van der Waals surface area contributed by atoms with Gasteiger partial charge in [-0.25, -0.2) is 0 Å². The zero-order valence-corrected chi connectivity index (χ0v) is 24.9. The Bertz CT molecular complexity index is 1050. The van der Waals surface area contributed by atoms with Crippen molar-refractivity contribution in [3.8, 4) is 46.3 Å². The van der Waals surface area contributed by atoms with Gasteiger partial charge >= 0.3 is 0 Å². The highest BCUT2D eigenvalue weighted by Gasteiger charge is 2.17. The fourth-order valence-corrected chi connectivity index (χ4v) is 4.54. The highest BCUT2D eigenvalue weighted by molar-refractivity contribution is 9.09. The van der Waals surface area contributed by atoms with E-state index in [2.05, 4.69) is 43.7 Å². The van der Waals surface area contributed by atoms with Crippen molar-refractivity contribution in [2.45, 2.75) is 25.7 Å². The third-order valence-electron chi connectivity index (χ3n) is 5.53. The fourth-order valence-electron chi connectivity index (χ4n) is 3.86. The average Bonchev–Trinajstić information content (AvgIpc) is 2.90. The van der Waals surface area contributed by atoms with Crippen LogP contribution in [0, 0.1) is 11.8 Å². The molecule has 0 unspecified atom stereocenters. The Morgan fingerprint density at radius 3 is 1.44 bits per heavy atom. The number of methoxy groups -OCH3 is 6. The summed E-state index contributed by atoms with van der Waals surface area (Å²) in [6.07, 6.45) is 2.90. The lowest BCUT2D eigenvalue weighted by Crippen LogP contribution is -2.03. The summed E-state index contributed by atoms with van der Waals surface area (Å²) in [7, 11) is 9.69. The fraction of sp³-hybridized carbons (Fsp3) is 0.429. The van der Waals surface area contributed by atoms with Crippen LogP contribution >= 0.6 is 31.9 Å². The van der Waals surface area contributed by atoms with Gasteiger partial charge < -0.3 is 28.4 Å². The minimum absolute atomic E-state index is 0.567. The Hall–Kier alpha value is -2.50. The SMILES string of the molecule is COc1cc(C/C(C#CCCBr)=C(\CCBr)Cc2cc(OC)c(OC)c(OC)c2)cc(OC)c1OC. The van der Waals surface area contributed by atoms with E-state index in [9.17, 15) is 0 Å². The number of alkyl halides is 2. The van der Waals surface area contributed by atoms with Crippen molar-refractivity contribution in [1.82, 2.24) is 0 Å². The summed E-state index contributed by atoms with van der Waals surface area (Å²) in [6, 6.07) is 7.91. The summed E-state index contributed by atoms with van der Waals surface area (Å²) >= 11 is 7.10. The molecular weight excluding hydrogens is 592 g/mol. The highest BCUT2D eigenvalue weighted by Crippen LogP contribution is 2.40. The molecule has 0 atom stereocenters. The number of hydrogen-bond donors (Lipinski definition) is 0. The van der Waals surface area contributed by atoms with E-state index in [1.807, 2.05) is 24.3 Å². The Kier molecular flexibility index (Phi) is 12.9. The van der Waals surface area contributed by atoms with Gasteiger partial charge in [0.25, 0.3) is 0 Å². The summed E-state index contributed by atoms with van der Waals surface area (Å²) in [5.74, 6) is 10.4. The number of ether oxygens (including phenoxy) is 6. The molecule has 0 fully saturated rings. The molecule has 2 aromatic rings. The zero-order chi connectivity index (χ0) is 26.5. The van der Waals surface area contributed by atoms with Crippen LogP contribution in [-0.2, 0) is 12.8 Å². The molecule has 0 radical (unpaired) electrons. The normalized spacial score (nSPS) is 11.1. The molecule has 8 heteroatoms. The third-order valence-corrected chi connectivity index (χ3v) is 6.32. The van der Waals surface area contributed by atoms with Crippen LogP contribution in [0.2, 0.25) is 0 Å². The third kappa shape index (κ3) is 7.75. The molecule has 2 rings (SSSR count). The number of halogens is 2. The van der Waals surface area contributed by atoms with Gasteiger partial charge in [-0.1, -0.05) is 49.3 Å². The second kappa shape index (κ2) is 15.6. The maximum atomic E-state index is 5.57. The molecular formula is C28H34Br2O6. The van der Waals surface area contributed by atoms with E-state index < -0.39 is 0 Å². The van der Waals surface area contributed by atoms with E-state index in [0.29, 0.717) is 47.3 Å². The minimum atomic E-state index is 0.567. The Labute approximate surface area is 231 Å². The molecule has 2 aromatic carbocycles. The van der Waals surface area contributed by atoms with Gasteiger partial charge in [-0.3, -0.25) is 0 Å². The number of allylic oxidation sites excluding steroid dienone is 2. The molecule has 0 aliphatic rings. The van der Waals surface area contributed by atoms with Crippen LogP contribution in [-0.4, -0.2) is 53.3 Å². The minimum Gasteiger partial charge on any atom is -0.493 e. The van der Waals surface area contributed by atoms with Crippen molar-refractivity contribution in [2.24, 2.45) is 0 Å². The summed E-state index contributed by atoms with van der Waals surface area (Å²) in [6.45, 7) is 0. The monoisotopic (exact) mass is 624 g/mol. The smallest absolute Gasteiger partial charge is 0.203 e. The number of benzene rings is 2. The van der Waals surface area contributed by atoms with Gasteiger partial charge in [0.1, 0.15) is 0 Å². The first-order valence-electron chi connectivity index (χ1n) is 11.4. The summed E-state index contributed by atoms with van der Waals surface area (Å²) in [4.78, 5) is 0. The molecule has 0 saturated heterocycles. The van der Waals surface area contributed by atoms with Crippen molar-refractivity contribution in [3.63, 3.8) is 0 Å². The lowest BCUT2D eigenvalue weighted by atomic mass is 9.93. The van der Waals surface area contributed by atoms with Gasteiger partial charge in [0.05, 0.1) is 42.7 Å². The Morgan fingerprint density at radius 1 is 0.639 bits per heavy atom. The molecule has 0 amide bonds. The average molecular weight is 626 g/mol. The maximum absolute atomic E-state index is 5.57. The molecule has 196 valence electrons. The Morgan fingerprint density at radius 2 is 1.08 bits per heavy atom. The van der Waals surface area contributed by atoms with Crippen LogP contribution in [0.4, 0.5) is 0 Å². The second-order valence-corrected chi connectivity index (χ2v) is 9.27. The van der Waals surface area contributed by atoms with Crippen molar-refractivity contribution in [1.29, 1.82) is 0 Å². The van der Waals surface area contributed by atoms with Crippen molar-refractivity contribution < 1.29 is 28.4 Å². The van der Waals surface area contributed by atoms with E-state index in [0.717, 1.165) is 40.2 Å². The predicted octanol–water partition coefficient (Wildman–Crippen LogP) is 6.39. The zero-order valence-electron chi connectivity index (χ0n) is 21.8. The van der Waals surface area contributed by atoms with Gasteiger partial charge in [0, 0.05) is 29.1 Å². The van der Waals surface area contributed by atoms with Gasteiger partial charge in [-0.05, 0) is 48.2 Å². The van der Waals surface area contributed by atoms with Gasteiger partial charge in [-0.15, -0.1) is 0 Å². The van der Waals surface area contributed by atoms with Gasteiger partial charge in [-0.2, -0.15) is 0 Å². The maximum Gasteiger partial charge on any atom is 0.203 e. The summed E-state index contributed by atoms with van der Waals surface area (Å²) in [5, 5.41) is 1.63. The van der Waals surface area contributed by atoms with E-state index in [-0.39, 0.29) is 0 Å². The van der Waals surface area contributed by atoms with E-state index >= 15 is 0 Å².